The van der Waals surface area contributed by atoms with Gasteiger partial charge in [-0.2, -0.15) is 0 Å². The summed E-state index contributed by atoms with van der Waals surface area (Å²) in [5.74, 6) is -0.543. The third-order valence-electron chi connectivity index (χ3n) is 5.73. The number of benzene rings is 2. The molecule has 1 aliphatic rings. The van der Waals surface area contributed by atoms with Crippen LogP contribution in [0.4, 0.5) is 15.8 Å². The van der Waals surface area contributed by atoms with Crippen LogP contribution in [0.2, 0.25) is 0 Å². The molecular weight excluding hydrogens is 409 g/mol. The molecule has 0 radical (unpaired) electrons. The average Bonchev–Trinajstić information content (AvgIpc) is 2.81. The molecule has 2 N–H and O–H groups in total. The van der Waals surface area contributed by atoms with Crippen molar-refractivity contribution in [1.29, 1.82) is 0 Å². The fourth-order valence-corrected chi connectivity index (χ4v) is 3.86. The third kappa shape index (κ3) is 5.27. The van der Waals surface area contributed by atoms with Gasteiger partial charge in [0.25, 0.3) is 0 Å². The Labute approximate surface area is 186 Å². The number of hydrogen-bond donors (Lipinski definition) is 2. The molecule has 3 aromatic rings. The quantitative estimate of drug-likeness (QED) is 0.623. The molecule has 4 rings (SSSR count). The zero-order valence-electron chi connectivity index (χ0n) is 17.9. The molecule has 166 valence electrons. The number of nitrogens with zero attached hydrogens (tertiary/aromatic N) is 3. The van der Waals surface area contributed by atoms with Crippen molar-refractivity contribution in [1.82, 2.24) is 14.8 Å². The van der Waals surface area contributed by atoms with Crippen molar-refractivity contribution in [2.75, 3.05) is 43.4 Å². The Morgan fingerprint density at radius 1 is 1.00 bits per heavy atom. The highest BCUT2D eigenvalue weighted by atomic mass is 19.1. The van der Waals surface area contributed by atoms with E-state index in [1.165, 1.54) is 24.3 Å². The second-order valence-corrected chi connectivity index (χ2v) is 7.91. The first-order chi connectivity index (χ1) is 15.5. The number of carbonyl (C=O) groups excluding carboxylic acids is 2. The number of rotatable bonds is 6. The van der Waals surface area contributed by atoms with Crippen molar-refractivity contribution in [2.24, 2.45) is 0 Å². The highest BCUT2D eigenvalue weighted by Gasteiger charge is 2.26. The molecule has 1 atom stereocenters. The molecule has 2 heterocycles. The Balaban J connectivity index is 1.27. The standard InChI is InChI=1S/C24H26FN5O2/c1-17(24(32)28-22-6-2-5-21-20(22)4-3-11-26-21)30-14-12-29(13-15-30)16-23(31)27-19-9-7-18(25)8-10-19/h2-11,17H,12-16H2,1H3,(H,27,31)(H,28,32). The summed E-state index contributed by atoms with van der Waals surface area (Å²) in [6, 6.07) is 14.9. The van der Waals surface area contributed by atoms with E-state index in [1.807, 2.05) is 37.3 Å². The van der Waals surface area contributed by atoms with Crippen LogP contribution < -0.4 is 10.6 Å². The molecule has 2 aromatic carbocycles. The van der Waals surface area contributed by atoms with Crippen molar-refractivity contribution in [2.45, 2.75) is 13.0 Å². The summed E-state index contributed by atoms with van der Waals surface area (Å²) in [5.41, 5.74) is 2.16. The fraction of sp³-hybridized carbons (Fsp3) is 0.292. The summed E-state index contributed by atoms with van der Waals surface area (Å²) in [6.45, 7) is 4.91. The van der Waals surface area contributed by atoms with Gasteiger partial charge in [0, 0.05) is 43.4 Å². The van der Waals surface area contributed by atoms with E-state index in [2.05, 4.69) is 25.4 Å². The van der Waals surface area contributed by atoms with Crippen molar-refractivity contribution >= 4 is 34.1 Å². The number of piperazine rings is 1. The summed E-state index contributed by atoms with van der Waals surface area (Å²) in [6.07, 6.45) is 1.73. The van der Waals surface area contributed by atoms with Crippen molar-refractivity contribution in [3.63, 3.8) is 0 Å². The summed E-state index contributed by atoms with van der Waals surface area (Å²) in [5, 5.41) is 6.72. The van der Waals surface area contributed by atoms with Gasteiger partial charge in [0.15, 0.2) is 0 Å². The van der Waals surface area contributed by atoms with E-state index in [0.29, 0.717) is 31.9 Å². The summed E-state index contributed by atoms with van der Waals surface area (Å²) in [7, 11) is 0. The van der Waals surface area contributed by atoms with Crippen LogP contribution in [0.5, 0.6) is 0 Å². The summed E-state index contributed by atoms with van der Waals surface area (Å²) < 4.78 is 13.0. The van der Waals surface area contributed by atoms with Gasteiger partial charge in [-0.1, -0.05) is 6.07 Å². The van der Waals surface area contributed by atoms with E-state index in [0.717, 1.165) is 16.6 Å². The number of nitrogens with one attached hydrogen (secondary N) is 2. The lowest BCUT2D eigenvalue weighted by molar-refractivity contribution is -0.122. The van der Waals surface area contributed by atoms with E-state index in [9.17, 15) is 14.0 Å². The molecule has 1 unspecified atom stereocenters. The van der Waals surface area contributed by atoms with Gasteiger partial charge >= 0.3 is 0 Å². The smallest absolute Gasteiger partial charge is 0.241 e. The van der Waals surface area contributed by atoms with Crippen LogP contribution in [0, 0.1) is 5.82 Å². The van der Waals surface area contributed by atoms with Crippen LogP contribution in [0.1, 0.15) is 6.92 Å². The molecule has 0 saturated carbocycles. The van der Waals surface area contributed by atoms with E-state index in [4.69, 9.17) is 0 Å². The molecule has 1 aliphatic heterocycles. The van der Waals surface area contributed by atoms with Gasteiger partial charge in [0.2, 0.25) is 11.8 Å². The number of aromatic nitrogens is 1. The predicted octanol–water partition coefficient (Wildman–Crippen LogP) is 2.96. The van der Waals surface area contributed by atoms with Crippen LogP contribution in [-0.4, -0.2) is 65.4 Å². The highest BCUT2D eigenvalue weighted by molar-refractivity contribution is 6.02. The average molecular weight is 436 g/mol. The number of fused-ring (bicyclic) bond motifs is 1. The first kappa shape index (κ1) is 21.9. The normalized spacial score (nSPS) is 15.9. The Hall–Kier alpha value is -3.36. The molecule has 0 aliphatic carbocycles. The van der Waals surface area contributed by atoms with Crippen LogP contribution in [0.15, 0.2) is 60.8 Å². The number of pyridine rings is 1. The van der Waals surface area contributed by atoms with Crippen molar-refractivity contribution in [3.05, 3.63) is 66.6 Å². The first-order valence-corrected chi connectivity index (χ1v) is 10.7. The van der Waals surface area contributed by atoms with E-state index >= 15 is 0 Å². The summed E-state index contributed by atoms with van der Waals surface area (Å²) in [4.78, 5) is 33.6. The number of amides is 2. The fourth-order valence-electron chi connectivity index (χ4n) is 3.86. The Morgan fingerprint density at radius 2 is 1.75 bits per heavy atom. The van der Waals surface area contributed by atoms with Crippen LogP contribution >= 0.6 is 0 Å². The summed E-state index contributed by atoms with van der Waals surface area (Å²) >= 11 is 0. The van der Waals surface area contributed by atoms with E-state index < -0.39 is 0 Å². The molecule has 0 spiro atoms. The lowest BCUT2D eigenvalue weighted by Crippen LogP contribution is -2.53. The largest absolute Gasteiger partial charge is 0.325 e. The lowest BCUT2D eigenvalue weighted by atomic mass is 10.1. The van der Waals surface area contributed by atoms with Gasteiger partial charge < -0.3 is 10.6 Å². The minimum Gasteiger partial charge on any atom is -0.325 e. The van der Waals surface area contributed by atoms with Crippen molar-refractivity contribution in [3.8, 4) is 0 Å². The first-order valence-electron chi connectivity index (χ1n) is 10.7. The highest BCUT2D eigenvalue weighted by Crippen LogP contribution is 2.22. The maximum Gasteiger partial charge on any atom is 0.241 e. The van der Waals surface area contributed by atoms with Crippen LogP contribution in [0.25, 0.3) is 10.9 Å². The number of carbonyl (C=O) groups is 2. The number of halogens is 1. The zero-order chi connectivity index (χ0) is 22.5. The molecular formula is C24H26FN5O2. The van der Waals surface area contributed by atoms with Gasteiger partial charge in [-0.05, 0) is 55.5 Å². The predicted molar refractivity (Wildman–Crippen MR) is 123 cm³/mol. The van der Waals surface area contributed by atoms with E-state index in [-0.39, 0.29) is 30.2 Å². The molecule has 2 amide bonds. The van der Waals surface area contributed by atoms with E-state index in [1.54, 1.807) is 6.20 Å². The SMILES string of the molecule is CC(C(=O)Nc1cccc2ncccc12)N1CCN(CC(=O)Nc2ccc(F)cc2)CC1. The molecule has 7 nitrogen and oxygen atoms in total. The van der Waals surface area contributed by atoms with Gasteiger partial charge in [-0.25, -0.2) is 4.39 Å². The second kappa shape index (κ2) is 9.84. The van der Waals surface area contributed by atoms with Gasteiger partial charge in [-0.3, -0.25) is 24.4 Å². The van der Waals surface area contributed by atoms with Crippen LogP contribution in [-0.2, 0) is 9.59 Å². The van der Waals surface area contributed by atoms with Gasteiger partial charge in [0.05, 0.1) is 23.8 Å². The molecule has 0 bridgehead atoms. The van der Waals surface area contributed by atoms with Crippen molar-refractivity contribution < 1.29 is 14.0 Å². The number of hydrogen-bond acceptors (Lipinski definition) is 5. The monoisotopic (exact) mass is 435 g/mol. The second-order valence-electron chi connectivity index (χ2n) is 7.91. The zero-order valence-corrected chi connectivity index (χ0v) is 17.9. The van der Waals surface area contributed by atoms with Gasteiger partial charge in [-0.15, -0.1) is 0 Å². The third-order valence-corrected chi connectivity index (χ3v) is 5.73. The minimum absolute atomic E-state index is 0.0659. The number of anilines is 2. The maximum atomic E-state index is 13.0. The maximum absolute atomic E-state index is 13.0. The Kier molecular flexibility index (Phi) is 6.72. The molecule has 32 heavy (non-hydrogen) atoms. The molecule has 1 aromatic heterocycles. The molecule has 1 saturated heterocycles. The van der Waals surface area contributed by atoms with Crippen LogP contribution in [0.3, 0.4) is 0 Å². The minimum atomic E-state index is -0.339. The topological polar surface area (TPSA) is 77.6 Å². The lowest BCUT2D eigenvalue weighted by Gasteiger charge is -2.37. The molecule has 1 fully saturated rings. The Bertz CT molecular complexity index is 1090. The molecule has 8 heteroatoms. The Morgan fingerprint density at radius 3 is 2.50 bits per heavy atom. The van der Waals surface area contributed by atoms with Gasteiger partial charge in [0.1, 0.15) is 5.82 Å².